The van der Waals surface area contributed by atoms with Crippen molar-refractivity contribution in [3.8, 4) is 0 Å². The molecule has 0 saturated heterocycles. The van der Waals surface area contributed by atoms with E-state index in [1.807, 2.05) is 13.0 Å². The van der Waals surface area contributed by atoms with Crippen LogP contribution in [0.5, 0.6) is 0 Å². The molecule has 0 amide bonds. The van der Waals surface area contributed by atoms with Gasteiger partial charge in [0.15, 0.2) is 11.3 Å². The minimum absolute atomic E-state index is 0.174. The van der Waals surface area contributed by atoms with Crippen molar-refractivity contribution in [1.29, 1.82) is 0 Å². The van der Waals surface area contributed by atoms with Gasteiger partial charge in [-0.3, -0.25) is 4.79 Å². The van der Waals surface area contributed by atoms with E-state index in [2.05, 4.69) is 20.3 Å². The average Bonchev–Trinajstić information content (AvgIpc) is 2.93. The maximum Gasteiger partial charge on any atom is 0.280 e. The molecule has 8 heteroatoms. The molecule has 0 saturated carbocycles. The molecule has 0 bridgehead atoms. The molecule has 3 aromatic heterocycles. The number of pyridine rings is 1. The molecule has 0 aliphatic heterocycles. The SMILES string of the molecule is CCc1nc2nnc3c(=O)n(CCCOC)ccc3n2n1. The number of rotatable bonds is 5. The summed E-state index contributed by atoms with van der Waals surface area (Å²) in [5.41, 5.74) is 0.752. The second kappa shape index (κ2) is 5.57. The second-order valence-corrected chi connectivity index (χ2v) is 4.69. The highest BCUT2D eigenvalue weighted by Gasteiger charge is 2.11. The van der Waals surface area contributed by atoms with Crippen LogP contribution < -0.4 is 5.56 Å². The quantitative estimate of drug-likeness (QED) is 0.633. The fraction of sp³-hybridized carbons (Fsp3) is 0.462. The fourth-order valence-corrected chi connectivity index (χ4v) is 2.19. The number of aryl methyl sites for hydroxylation is 2. The summed E-state index contributed by atoms with van der Waals surface area (Å²) in [6.07, 6.45) is 3.22. The van der Waals surface area contributed by atoms with Gasteiger partial charge in [-0.15, -0.1) is 15.3 Å². The highest BCUT2D eigenvalue weighted by atomic mass is 16.5. The summed E-state index contributed by atoms with van der Waals surface area (Å²) in [5, 5.41) is 12.3. The zero-order chi connectivity index (χ0) is 14.8. The first-order valence-corrected chi connectivity index (χ1v) is 6.85. The zero-order valence-corrected chi connectivity index (χ0v) is 12.0. The Labute approximate surface area is 120 Å². The van der Waals surface area contributed by atoms with Crippen LogP contribution in [0.4, 0.5) is 0 Å². The van der Waals surface area contributed by atoms with E-state index in [9.17, 15) is 4.79 Å². The van der Waals surface area contributed by atoms with E-state index in [0.717, 1.165) is 6.42 Å². The molecule has 0 atom stereocenters. The minimum atomic E-state index is -0.174. The normalized spacial score (nSPS) is 11.5. The van der Waals surface area contributed by atoms with E-state index < -0.39 is 0 Å². The van der Waals surface area contributed by atoms with Gasteiger partial charge in [0.25, 0.3) is 11.3 Å². The average molecular weight is 288 g/mol. The van der Waals surface area contributed by atoms with Crippen molar-refractivity contribution in [2.45, 2.75) is 26.3 Å². The first kappa shape index (κ1) is 13.6. The van der Waals surface area contributed by atoms with Gasteiger partial charge in [-0.05, 0) is 12.5 Å². The standard InChI is InChI=1S/C13H16N6O2/c1-3-10-14-13-16-15-11-9(19(13)17-10)5-7-18(12(11)20)6-4-8-21-2/h5,7H,3-4,6,8H2,1-2H3. The minimum Gasteiger partial charge on any atom is -0.385 e. The largest absolute Gasteiger partial charge is 0.385 e. The van der Waals surface area contributed by atoms with Crippen LogP contribution in [0.3, 0.4) is 0 Å². The highest BCUT2D eigenvalue weighted by Crippen LogP contribution is 2.08. The molecule has 0 aliphatic carbocycles. The van der Waals surface area contributed by atoms with Crippen LogP contribution in [0.15, 0.2) is 17.1 Å². The predicted octanol–water partition coefficient (Wildman–Crippen LogP) is 0.433. The van der Waals surface area contributed by atoms with Gasteiger partial charge in [0.2, 0.25) is 0 Å². The van der Waals surface area contributed by atoms with E-state index >= 15 is 0 Å². The van der Waals surface area contributed by atoms with Gasteiger partial charge in [0.1, 0.15) is 5.52 Å². The summed E-state index contributed by atoms with van der Waals surface area (Å²) >= 11 is 0. The zero-order valence-electron chi connectivity index (χ0n) is 12.0. The maximum atomic E-state index is 12.4. The molecule has 0 fully saturated rings. The maximum absolute atomic E-state index is 12.4. The van der Waals surface area contributed by atoms with Gasteiger partial charge in [-0.1, -0.05) is 6.92 Å². The number of ether oxygens (including phenoxy) is 1. The topological polar surface area (TPSA) is 87.2 Å². The van der Waals surface area contributed by atoms with Crippen LogP contribution in [0.2, 0.25) is 0 Å². The number of hydrogen-bond donors (Lipinski definition) is 0. The molecule has 110 valence electrons. The lowest BCUT2D eigenvalue weighted by Crippen LogP contribution is -2.22. The number of methoxy groups -OCH3 is 1. The van der Waals surface area contributed by atoms with Gasteiger partial charge >= 0.3 is 0 Å². The number of nitrogens with zero attached hydrogens (tertiary/aromatic N) is 6. The summed E-state index contributed by atoms with van der Waals surface area (Å²) < 4.78 is 8.18. The Balaban J connectivity index is 2.11. The Morgan fingerprint density at radius 1 is 1.33 bits per heavy atom. The molecule has 0 aromatic carbocycles. The Hall–Kier alpha value is -2.35. The predicted molar refractivity (Wildman–Crippen MR) is 76.2 cm³/mol. The molecule has 3 aromatic rings. The Bertz CT molecular complexity index is 838. The molecule has 3 heterocycles. The van der Waals surface area contributed by atoms with Crippen LogP contribution in [-0.2, 0) is 17.7 Å². The van der Waals surface area contributed by atoms with Gasteiger partial charge in [-0.2, -0.15) is 9.50 Å². The van der Waals surface area contributed by atoms with Gasteiger partial charge < -0.3 is 9.30 Å². The molecule has 3 rings (SSSR count). The smallest absolute Gasteiger partial charge is 0.280 e. The van der Waals surface area contributed by atoms with E-state index in [-0.39, 0.29) is 5.56 Å². The third kappa shape index (κ3) is 2.38. The van der Waals surface area contributed by atoms with Crippen molar-refractivity contribution in [2.75, 3.05) is 13.7 Å². The summed E-state index contributed by atoms with van der Waals surface area (Å²) in [5.74, 6) is 1.09. The van der Waals surface area contributed by atoms with E-state index in [1.165, 1.54) is 0 Å². The van der Waals surface area contributed by atoms with Crippen LogP contribution in [0.25, 0.3) is 16.8 Å². The molecular weight excluding hydrogens is 272 g/mol. The van der Waals surface area contributed by atoms with Crippen molar-refractivity contribution < 1.29 is 4.74 Å². The van der Waals surface area contributed by atoms with Gasteiger partial charge in [0.05, 0.1) is 0 Å². The number of hydrogen-bond acceptors (Lipinski definition) is 6. The van der Waals surface area contributed by atoms with Gasteiger partial charge in [-0.25, -0.2) is 0 Å². The lowest BCUT2D eigenvalue weighted by Gasteiger charge is -2.06. The summed E-state index contributed by atoms with van der Waals surface area (Å²) in [6, 6.07) is 1.82. The highest BCUT2D eigenvalue weighted by molar-refractivity contribution is 5.74. The monoisotopic (exact) mass is 288 g/mol. The lowest BCUT2D eigenvalue weighted by atomic mass is 10.3. The van der Waals surface area contributed by atoms with Crippen molar-refractivity contribution in [1.82, 2.24) is 29.4 Å². The van der Waals surface area contributed by atoms with Crippen molar-refractivity contribution in [2.24, 2.45) is 0 Å². The van der Waals surface area contributed by atoms with E-state index in [0.29, 0.717) is 42.2 Å². The third-order valence-corrected chi connectivity index (χ3v) is 3.28. The summed E-state index contributed by atoms with van der Waals surface area (Å²) in [4.78, 5) is 16.6. The molecule has 21 heavy (non-hydrogen) atoms. The van der Waals surface area contributed by atoms with E-state index in [4.69, 9.17) is 4.74 Å². The molecule has 0 N–H and O–H groups in total. The first-order chi connectivity index (χ1) is 10.2. The Morgan fingerprint density at radius 2 is 2.19 bits per heavy atom. The van der Waals surface area contributed by atoms with E-state index in [1.54, 1.807) is 22.4 Å². The van der Waals surface area contributed by atoms with Crippen molar-refractivity contribution in [3.63, 3.8) is 0 Å². The van der Waals surface area contributed by atoms with Crippen LogP contribution in [-0.4, -0.2) is 43.1 Å². The summed E-state index contributed by atoms with van der Waals surface area (Å²) in [7, 11) is 1.64. The Morgan fingerprint density at radius 3 is 2.95 bits per heavy atom. The Kier molecular flexibility index (Phi) is 3.61. The molecular formula is C13H16N6O2. The number of aromatic nitrogens is 6. The van der Waals surface area contributed by atoms with Crippen LogP contribution in [0, 0.1) is 0 Å². The van der Waals surface area contributed by atoms with Crippen molar-refractivity contribution >= 4 is 16.8 Å². The lowest BCUT2D eigenvalue weighted by molar-refractivity contribution is 0.190. The number of fused-ring (bicyclic) bond motifs is 3. The molecule has 8 nitrogen and oxygen atoms in total. The molecule has 0 spiro atoms. The summed E-state index contributed by atoms with van der Waals surface area (Å²) in [6.45, 7) is 3.16. The first-order valence-electron chi connectivity index (χ1n) is 6.85. The van der Waals surface area contributed by atoms with Gasteiger partial charge in [0, 0.05) is 32.9 Å². The second-order valence-electron chi connectivity index (χ2n) is 4.69. The molecule has 0 aliphatic rings. The third-order valence-electron chi connectivity index (χ3n) is 3.28. The van der Waals surface area contributed by atoms with Crippen molar-refractivity contribution in [3.05, 3.63) is 28.4 Å². The fourth-order valence-electron chi connectivity index (χ4n) is 2.19. The van der Waals surface area contributed by atoms with Crippen LogP contribution in [0.1, 0.15) is 19.2 Å². The molecule has 0 radical (unpaired) electrons. The van der Waals surface area contributed by atoms with Crippen LogP contribution >= 0.6 is 0 Å². The molecule has 0 unspecified atom stereocenters.